The summed E-state index contributed by atoms with van der Waals surface area (Å²) < 4.78 is 26.8. The second kappa shape index (κ2) is 7.85. The van der Waals surface area contributed by atoms with Crippen LogP contribution in [0.3, 0.4) is 0 Å². The minimum atomic E-state index is -3.47. The average Bonchev–Trinajstić information content (AvgIpc) is 2.68. The highest BCUT2D eigenvalue weighted by Crippen LogP contribution is 2.21. The standard InChI is InChI=1S/C18H27N3O3S/c1-2-19-11-7-6-10-17(19)18(22)20-12-14-21(15-13-20)25(23,24)16-8-4-3-5-9-16/h3-5,8-9,17H,2,6-7,10-15H2,1H3/t17-/m0/s1. The Labute approximate surface area is 150 Å². The van der Waals surface area contributed by atoms with Gasteiger partial charge in [-0.2, -0.15) is 4.31 Å². The van der Waals surface area contributed by atoms with Crippen molar-refractivity contribution in [1.82, 2.24) is 14.1 Å². The van der Waals surface area contributed by atoms with E-state index in [1.165, 1.54) is 4.31 Å². The summed E-state index contributed by atoms with van der Waals surface area (Å²) in [5, 5.41) is 0. The summed E-state index contributed by atoms with van der Waals surface area (Å²) >= 11 is 0. The lowest BCUT2D eigenvalue weighted by molar-refractivity contribution is -0.139. The second-order valence-corrected chi connectivity index (χ2v) is 8.62. The Morgan fingerprint density at radius 1 is 1.04 bits per heavy atom. The molecule has 0 saturated carbocycles. The smallest absolute Gasteiger partial charge is 0.243 e. The molecule has 1 atom stereocenters. The Bertz CT molecular complexity index is 685. The lowest BCUT2D eigenvalue weighted by Gasteiger charge is -2.40. The van der Waals surface area contributed by atoms with Crippen LogP contribution in [0, 0.1) is 0 Å². The van der Waals surface area contributed by atoms with E-state index in [0.717, 1.165) is 32.4 Å². The van der Waals surface area contributed by atoms with Crippen molar-refractivity contribution in [3.8, 4) is 0 Å². The zero-order valence-electron chi connectivity index (χ0n) is 14.8. The van der Waals surface area contributed by atoms with Gasteiger partial charge in [0.25, 0.3) is 0 Å². The summed E-state index contributed by atoms with van der Waals surface area (Å²) in [6.45, 7) is 5.63. The largest absolute Gasteiger partial charge is 0.339 e. The number of benzene rings is 1. The van der Waals surface area contributed by atoms with Crippen LogP contribution >= 0.6 is 0 Å². The van der Waals surface area contributed by atoms with Gasteiger partial charge in [0, 0.05) is 26.2 Å². The van der Waals surface area contributed by atoms with E-state index in [2.05, 4.69) is 11.8 Å². The number of sulfonamides is 1. The molecule has 2 heterocycles. The van der Waals surface area contributed by atoms with E-state index in [-0.39, 0.29) is 11.9 Å². The molecule has 1 amide bonds. The number of piperazine rings is 1. The molecular weight excluding hydrogens is 338 g/mol. The number of amides is 1. The number of rotatable bonds is 4. The van der Waals surface area contributed by atoms with Crippen LogP contribution in [0.1, 0.15) is 26.2 Å². The molecule has 25 heavy (non-hydrogen) atoms. The molecule has 0 aromatic heterocycles. The van der Waals surface area contributed by atoms with Crippen molar-refractivity contribution >= 4 is 15.9 Å². The van der Waals surface area contributed by atoms with E-state index in [1.807, 2.05) is 4.90 Å². The van der Waals surface area contributed by atoms with E-state index in [4.69, 9.17) is 0 Å². The summed E-state index contributed by atoms with van der Waals surface area (Å²) in [5.41, 5.74) is 0. The maximum Gasteiger partial charge on any atom is 0.243 e. The number of piperidine rings is 1. The van der Waals surface area contributed by atoms with Gasteiger partial charge in [-0.1, -0.05) is 31.5 Å². The molecule has 1 aromatic carbocycles. The molecule has 0 unspecified atom stereocenters. The molecule has 0 aliphatic carbocycles. The second-order valence-electron chi connectivity index (χ2n) is 6.68. The molecule has 0 radical (unpaired) electrons. The maximum atomic E-state index is 12.9. The van der Waals surface area contributed by atoms with Crippen molar-refractivity contribution in [2.24, 2.45) is 0 Å². The number of carbonyl (C=O) groups is 1. The third-order valence-corrected chi connectivity index (χ3v) is 7.15. The third kappa shape index (κ3) is 3.88. The number of carbonyl (C=O) groups excluding carboxylic acids is 1. The molecule has 138 valence electrons. The highest BCUT2D eigenvalue weighted by molar-refractivity contribution is 7.89. The molecule has 2 fully saturated rings. The van der Waals surface area contributed by atoms with Crippen LogP contribution in [0.2, 0.25) is 0 Å². The van der Waals surface area contributed by atoms with Gasteiger partial charge in [0.2, 0.25) is 15.9 Å². The summed E-state index contributed by atoms with van der Waals surface area (Å²) in [6.07, 6.45) is 3.16. The number of hydrogen-bond donors (Lipinski definition) is 0. The van der Waals surface area contributed by atoms with E-state index in [0.29, 0.717) is 31.1 Å². The lowest BCUT2D eigenvalue weighted by atomic mass is 10.0. The molecule has 0 spiro atoms. The fourth-order valence-corrected chi connectivity index (χ4v) is 5.19. The minimum absolute atomic E-state index is 0.0315. The van der Waals surface area contributed by atoms with Gasteiger partial charge >= 0.3 is 0 Å². The molecule has 2 aliphatic heterocycles. The number of likely N-dealkylation sites (N-methyl/N-ethyl adjacent to an activating group) is 1. The predicted octanol–water partition coefficient (Wildman–Crippen LogP) is 1.39. The van der Waals surface area contributed by atoms with Crippen LogP contribution < -0.4 is 0 Å². The van der Waals surface area contributed by atoms with Gasteiger partial charge in [0.05, 0.1) is 10.9 Å². The molecule has 0 N–H and O–H groups in total. The van der Waals surface area contributed by atoms with E-state index in [1.54, 1.807) is 30.3 Å². The average molecular weight is 365 g/mol. The number of likely N-dealkylation sites (tertiary alicyclic amines) is 1. The van der Waals surface area contributed by atoms with Gasteiger partial charge in [-0.25, -0.2) is 8.42 Å². The normalized spacial score (nSPS) is 23.6. The number of hydrogen-bond acceptors (Lipinski definition) is 4. The quantitative estimate of drug-likeness (QED) is 0.809. The van der Waals surface area contributed by atoms with Crippen LogP contribution in [-0.2, 0) is 14.8 Å². The molecule has 1 aromatic rings. The fourth-order valence-electron chi connectivity index (χ4n) is 3.75. The maximum absolute atomic E-state index is 12.9. The lowest BCUT2D eigenvalue weighted by Crippen LogP contribution is -2.56. The molecule has 3 rings (SSSR count). The minimum Gasteiger partial charge on any atom is -0.339 e. The highest BCUT2D eigenvalue weighted by Gasteiger charge is 2.35. The Morgan fingerprint density at radius 3 is 2.36 bits per heavy atom. The Kier molecular flexibility index (Phi) is 5.76. The summed E-state index contributed by atoms with van der Waals surface area (Å²) in [7, 11) is -3.47. The first kappa shape index (κ1) is 18.4. The topological polar surface area (TPSA) is 60.9 Å². The van der Waals surface area contributed by atoms with Crippen molar-refractivity contribution in [1.29, 1.82) is 0 Å². The molecule has 7 heteroatoms. The van der Waals surface area contributed by atoms with Gasteiger partial charge in [-0.15, -0.1) is 0 Å². The summed E-state index contributed by atoms with van der Waals surface area (Å²) in [6, 6.07) is 8.47. The van der Waals surface area contributed by atoms with Crippen molar-refractivity contribution in [2.75, 3.05) is 39.3 Å². The first-order valence-electron chi connectivity index (χ1n) is 9.12. The molecule has 6 nitrogen and oxygen atoms in total. The summed E-state index contributed by atoms with van der Waals surface area (Å²) in [5.74, 6) is 0.165. The van der Waals surface area contributed by atoms with Crippen molar-refractivity contribution < 1.29 is 13.2 Å². The van der Waals surface area contributed by atoms with E-state index < -0.39 is 10.0 Å². The van der Waals surface area contributed by atoms with Gasteiger partial charge in [0.15, 0.2) is 0 Å². The molecular formula is C18H27N3O3S. The Hall–Kier alpha value is -1.44. The van der Waals surface area contributed by atoms with Gasteiger partial charge < -0.3 is 4.90 Å². The first-order chi connectivity index (χ1) is 12.0. The number of nitrogens with zero attached hydrogens (tertiary/aromatic N) is 3. The van der Waals surface area contributed by atoms with Crippen molar-refractivity contribution in [2.45, 2.75) is 37.1 Å². The van der Waals surface area contributed by atoms with Gasteiger partial charge in [-0.05, 0) is 38.1 Å². The monoisotopic (exact) mass is 365 g/mol. The predicted molar refractivity (Wildman–Crippen MR) is 96.7 cm³/mol. The van der Waals surface area contributed by atoms with Crippen LogP contribution in [0.25, 0.3) is 0 Å². The Morgan fingerprint density at radius 2 is 1.72 bits per heavy atom. The zero-order valence-corrected chi connectivity index (χ0v) is 15.6. The van der Waals surface area contributed by atoms with Crippen LogP contribution in [0.5, 0.6) is 0 Å². The fraction of sp³-hybridized carbons (Fsp3) is 0.611. The highest BCUT2D eigenvalue weighted by atomic mass is 32.2. The van der Waals surface area contributed by atoms with Crippen LogP contribution in [0.15, 0.2) is 35.2 Å². The zero-order chi connectivity index (χ0) is 17.9. The van der Waals surface area contributed by atoms with E-state index >= 15 is 0 Å². The third-order valence-electron chi connectivity index (χ3n) is 5.24. The summed E-state index contributed by atoms with van der Waals surface area (Å²) in [4.78, 5) is 17.3. The molecule has 0 bridgehead atoms. The van der Waals surface area contributed by atoms with Crippen LogP contribution in [-0.4, -0.2) is 73.7 Å². The molecule has 2 saturated heterocycles. The Balaban J connectivity index is 1.63. The molecule has 2 aliphatic rings. The van der Waals surface area contributed by atoms with Crippen molar-refractivity contribution in [3.05, 3.63) is 30.3 Å². The van der Waals surface area contributed by atoms with Crippen molar-refractivity contribution in [3.63, 3.8) is 0 Å². The SMILES string of the molecule is CCN1CCCC[C@H]1C(=O)N1CCN(S(=O)(=O)c2ccccc2)CC1. The first-order valence-corrected chi connectivity index (χ1v) is 10.6. The van der Waals surface area contributed by atoms with Crippen LogP contribution in [0.4, 0.5) is 0 Å². The van der Waals surface area contributed by atoms with Gasteiger partial charge in [0.1, 0.15) is 0 Å². The van der Waals surface area contributed by atoms with E-state index in [9.17, 15) is 13.2 Å². The van der Waals surface area contributed by atoms with Gasteiger partial charge in [-0.3, -0.25) is 9.69 Å².